The van der Waals surface area contributed by atoms with Crippen LogP contribution in [-0.4, -0.2) is 34.1 Å². The highest BCUT2D eigenvalue weighted by Crippen LogP contribution is 2.29. The summed E-state index contributed by atoms with van der Waals surface area (Å²) >= 11 is 0. The molecule has 0 bridgehead atoms. The Kier molecular flexibility index (Phi) is 3.99. The van der Waals surface area contributed by atoms with Gasteiger partial charge in [-0.05, 0) is 25.0 Å². The first kappa shape index (κ1) is 13.8. The molecule has 0 atom stereocenters. The van der Waals surface area contributed by atoms with Gasteiger partial charge in [-0.1, -0.05) is 25.1 Å². The number of hydrogen-bond donors (Lipinski definition) is 0. The number of benzene rings is 1. The molecule has 1 aliphatic rings. The third kappa shape index (κ3) is 2.96. The zero-order chi connectivity index (χ0) is 14.7. The van der Waals surface area contributed by atoms with E-state index in [2.05, 4.69) is 10.2 Å². The van der Waals surface area contributed by atoms with Crippen molar-refractivity contribution in [3.63, 3.8) is 0 Å². The lowest BCUT2D eigenvalue weighted by molar-refractivity contribution is -0.131. The van der Waals surface area contributed by atoms with Gasteiger partial charge >= 0.3 is 0 Å². The Balaban J connectivity index is 1.67. The molecule has 0 radical (unpaired) electrons. The number of rotatable bonds is 3. The molecule has 1 saturated heterocycles. The van der Waals surface area contributed by atoms with Crippen LogP contribution in [0.1, 0.15) is 38.0 Å². The van der Waals surface area contributed by atoms with Crippen LogP contribution in [0.15, 0.2) is 34.7 Å². The van der Waals surface area contributed by atoms with Gasteiger partial charge in [0.1, 0.15) is 0 Å². The van der Waals surface area contributed by atoms with Gasteiger partial charge in [0.15, 0.2) is 0 Å². The highest BCUT2D eigenvalue weighted by molar-refractivity contribution is 5.75. The first-order chi connectivity index (χ1) is 10.3. The van der Waals surface area contributed by atoms with Gasteiger partial charge in [-0.15, -0.1) is 10.2 Å². The first-order valence-electron chi connectivity index (χ1n) is 7.44. The summed E-state index contributed by atoms with van der Waals surface area (Å²) < 4.78 is 5.81. The van der Waals surface area contributed by atoms with Crippen molar-refractivity contribution in [3.8, 4) is 11.5 Å². The SMILES string of the molecule is CCC(=O)N1CCC(c2nnc(-c3ccccc3)o2)CC1. The van der Waals surface area contributed by atoms with E-state index in [1.54, 1.807) is 0 Å². The summed E-state index contributed by atoms with van der Waals surface area (Å²) in [4.78, 5) is 13.6. The number of likely N-dealkylation sites (tertiary alicyclic amines) is 1. The molecule has 1 aliphatic heterocycles. The lowest BCUT2D eigenvalue weighted by Crippen LogP contribution is -2.37. The standard InChI is InChI=1S/C16H19N3O2/c1-2-14(20)19-10-8-13(9-11-19)16-18-17-15(21-16)12-6-4-3-5-7-12/h3-7,13H,2,8-11H2,1H3. The summed E-state index contributed by atoms with van der Waals surface area (Å²) in [6.07, 6.45) is 2.35. The van der Waals surface area contributed by atoms with Crippen molar-refractivity contribution in [2.75, 3.05) is 13.1 Å². The molecule has 0 saturated carbocycles. The van der Waals surface area contributed by atoms with E-state index in [4.69, 9.17) is 4.42 Å². The predicted octanol–water partition coefficient (Wildman–Crippen LogP) is 2.85. The van der Waals surface area contributed by atoms with Crippen LogP contribution in [-0.2, 0) is 4.79 Å². The van der Waals surface area contributed by atoms with Gasteiger partial charge in [0.25, 0.3) is 0 Å². The second kappa shape index (κ2) is 6.08. The Morgan fingerprint density at radius 1 is 1.24 bits per heavy atom. The summed E-state index contributed by atoms with van der Waals surface area (Å²) in [6.45, 7) is 3.46. The molecule has 5 heteroatoms. The molecule has 1 fully saturated rings. The number of carbonyl (C=O) groups excluding carboxylic acids is 1. The minimum atomic E-state index is 0.226. The molecule has 0 spiro atoms. The van der Waals surface area contributed by atoms with E-state index >= 15 is 0 Å². The summed E-state index contributed by atoms with van der Waals surface area (Å²) in [5.41, 5.74) is 0.940. The number of aromatic nitrogens is 2. The molecule has 1 aromatic carbocycles. The fourth-order valence-electron chi connectivity index (χ4n) is 2.70. The highest BCUT2D eigenvalue weighted by Gasteiger charge is 2.26. The number of amides is 1. The van der Waals surface area contributed by atoms with Crippen LogP contribution in [0.3, 0.4) is 0 Å². The molecular weight excluding hydrogens is 266 g/mol. The summed E-state index contributed by atoms with van der Waals surface area (Å²) in [5.74, 6) is 1.75. The van der Waals surface area contributed by atoms with Crippen molar-refractivity contribution in [1.82, 2.24) is 15.1 Å². The Hall–Kier alpha value is -2.17. The number of nitrogens with zero attached hydrogens (tertiary/aromatic N) is 3. The maximum atomic E-state index is 11.7. The average Bonchev–Trinajstić information content (AvgIpc) is 3.05. The van der Waals surface area contributed by atoms with E-state index < -0.39 is 0 Å². The molecule has 21 heavy (non-hydrogen) atoms. The Labute approximate surface area is 124 Å². The zero-order valence-electron chi connectivity index (χ0n) is 12.2. The van der Waals surface area contributed by atoms with Gasteiger partial charge in [-0.25, -0.2) is 0 Å². The van der Waals surface area contributed by atoms with Crippen LogP contribution in [0.2, 0.25) is 0 Å². The van der Waals surface area contributed by atoms with E-state index in [1.807, 2.05) is 42.2 Å². The van der Waals surface area contributed by atoms with Crippen LogP contribution in [0.4, 0.5) is 0 Å². The topological polar surface area (TPSA) is 59.2 Å². The van der Waals surface area contributed by atoms with Crippen LogP contribution < -0.4 is 0 Å². The molecule has 3 rings (SSSR count). The number of hydrogen-bond acceptors (Lipinski definition) is 4. The van der Waals surface area contributed by atoms with Crippen molar-refractivity contribution in [3.05, 3.63) is 36.2 Å². The normalized spacial score (nSPS) is 16.1. The van der Waals surface area contributed by atoms with Crippen molar-refractivity contribution in [2.45, 2.75) is 32.1 Å². The second-order valence-corrected chi connectivity index (χ2v) is 5.32. The molecule has 2 aromatic rings. The second-order valence-electron chi connectivity index (χ2n) is 5.32. The summed E-state index contributed by atoms with van der Waals surface area (Å²) in [7, 11) is 0. The van der Waals surface area contributed by atoms with Crippen LogP contribution in [0, 0.1) is 0 Å². The van der Waals surface area contributed by atoms with Crippen molar-refractivity contribution in [1.29, 1.82) is 0 Å². The van der Waals surface area contributed by atoms with Gasteiger partial charge in [-0.3, -0.25) is 4.79 Å². The average molecular weight is 285 g/mol. The monoisotopic (exact) mass is 285 g/mol. The van der Waals surface area contributed by atoms with Crippen LogP contribution in [0.5, 0.6) is 0 Å². The van der Waals surface area contributed by atoms with E-state index in [-0.39, 0.29) is 11.8 Å². The third-order valence-electron chi connectivity index (χ3n) is 3.96. The van der Waals surface area contributed by atoms with E-state index in [1.165, 1.54) is 0 Å². The zero-order valence-corrected chi connectivity index (χ0v) is 12.2. The predicted molar refractivity (Wildman–Crippen MR) is 78.6 cm³/mol. The molecular formula is C16H19N3O2. The quantitative estimate of drug-likeness (QED) is 0.870. The largest absolute Gasteiger partial charge is 0.420 e. The van der Waals surface area contributed by atoms with Gasteiger partial charge in [0, 0.05) is 31.0 Å². The molecule has 2 heterocycles. The molecule has 1 amide bonds. The number of carbonyl (C=O) groups is 1. The molecule has 0 N–H and O–H groups in total. The van der Waals surface area contributed by atoms with Gasteiger partial charge in [0.05, 0.1) is 0 Å². The highest BCUT2D eigenvalue weighted by atomic mass is 16.4. The summed E-state index contributed by atoms with van der Waals surface area (Å²) in [6, 6.07) is 9.78. The van der Waals surface area contributed by atoms with Gasteiger partial charge in [-0.2, -0.15) is 0 Å². The molecule has 0 aliphatic carbocycles. The minimum Gasteiger partial charge on any atom is -0.420 e. The molecule has 1 aromatic heterocycles. The van der Waals surface area contributed by atoms with E-state index in [9.17, 15) is 4.79 Å². The Morgan fingerprint density at radius 2 is 1.95 bits per heavy atom. The van der Waals surface area contributed by atoms with Crippen molar-refractivity contribution < 1.29 is 9.21 Å². The van der Waals surface area contributed by atoms with Crippen molar-refractivity contribution in [2.24, 2.45) is 0 Å². The Morgan fingerprint density at radius 3 is 2.62 bits per heavy atom. The maximum absolute atomic E-state index is 11.7. The lowest BCUT2D eigenvalue weighted by Gasteiger charge is -2.30. The van der Waals surface area contributed by atoms with Crippen LogP contribution >= 0.6 is 0 Å². The third-order valence-corrected chi connectivity index (χ3v) is 3.96. The minimum absolute atomic E-state index is 0.226. The maximum Gasteiger partial charge on any atom is 0.247 e. The van der Waals surface area contributed by atoms with E-state index in [0.29, 0.717) is 18.2 Å². The van der Waals surface area contributed by atoms with Crippen molar-refractivity contribution >= 4 is 5.91 Å². The number of piperidine rings is 1. The van der Waals surface area contributed by atoms with E-state index in [0.717, 1.165) is 31.5 Å². The van der Waals surface area contributed by atoms with Gasteiger partial charge in [0.2, 0.25) is 17.7 Å². The fraction of sp³-hybridized carbons (Fsp3) is 0.438. The van der Waals surface area contributed by atoms with Crippen LogP contribution in [0.25, 0.3) is 11.5 Å². The Bertz CT molecular complexity index is 601. The smallest absolute Gasteiger partial charge is 0.247 e. The molecule has 110 valence electrons. The fourth-order valence-corrected chi connectivity index (χ4v) is 2.70. The molecule has 0 unspecified atom stereocenters. The molecule has 5 nitrogen and oxygen atoms in total. The lowest BCUT2D eigenvalue weighted by atomic mass is 9.96. The summed E-state index contributed by atoms with van der Waals surface area (Å²) in [5, 5.41) is 8.32. The first-order valence-corrected chi connectivity index (χ1v) is 7.44. The van der Waals surface area contributed by atoms with Gasteiger partial charge < -0.3 is 9.32 Å².